The van der Waals surface area contributed by atoms with Gasteiger partial charge in [-0.05, 0) is 99.3 Å². The van der Waals surface area contributed by atoms with Crippen molar-refractivity contribution in [1.29, 1.82) is 0 Å². The molecule has 3 aromatic rings. The standard InChI is InChI=1S/C37H40F6O2/c1-3-30(44)29-18-17-28(35(41)36(29)42)27-16-15-25(32(38)34(27)40)10-7-21-5-8-22(9-6-21)23-11-13-24(14-12-23)26-19-20-31(45-4-2)37(43)33(26)39/h13,15-23,30,44H,3-12,14H2,1-2H3. The van der Waals surface area contributed by atoms with Gasteiger partial charge in [-0.1, -0.05) is 50.1 Å². The van der Waals surface area contributed by atoms with Crippen molar-refractivity contribution in [3.63, 3.8) is 0 Å². The zero-order valence-electron chi connectivity index (χ0n) is 25.8. The van der Waals surface area contributed by atoms with Crippen LogP contribution in [0.1, 0.15) is 94.4 Å². The van der Waals surface area contributed by atoms with E-state index in [1.807, 2.05) is 6.08 Å². The normalized spacial score (nSPS) is 21.0. The summed E-state index contributed by atoms with van der Waals surface area (Å²) in [5, 5.41) is 9.90. The van der Waals surface area contributed by atoms with Gasteiger partial charge in [0, 0.05) is 22.3 Å². The maximum atomic E-state index is 15.1. The van der Waals surface area contributed by atoms with Crippen LogP contribution in [0.25, 0.3) is 16.7 Å². The molecule has 1 N–H and O–H groups in total. The maximum Gasteiger partial charge on any atom is 0.201 e. The smallest absolute Gasteiger partial charge is 0.201 e. The second-order valence-electron chi connectivity index (χ2n) is 12.4. The molecule has 2 nitrogen and oxygen atoms in total. The van der Waals surface area contributed by atoms with Crippen LogP contribution in [0, 0.1) is 52.7 Å². The van der Waals surface area contributed by atoms with Gasteiger partial charge < -0.3 is 9.84 Å². The molecule has 0 bridgehead atoms. The lowest BCUT2D eigenvalue weighted by Gasteiger charge is -2.35. The molecular formula is C37H40F6O2. The van der Waals surface area contributed by atoms with E-state index in [4.69, 9.17) is 4.74 Å². The molecule has 0 aromatic heterocycles. The summed E-state index contributed by atoms with van der Waals surface area (Å²) >= 11 is 0. The number of rotatable bonds is 10. The first-order valence-corrected chi connectivity index (χ1v) is 16.1. The van der Waals surface area contributed by atoms with Crippen LogP contribution in [0.4, 0.5) is 26.3 Å². The molecule has 2 aliphatic rings. The molecule has 0 spiro atoms. The van der Waals surface area contributed by atoms with E-state index >= 15 is 8.78 Å². The highest BCUT2D eigenvalue weighted by Crippen LogP contribution is 2.43. The summed E-state index contributed by atoms with van der Waals surface area (Å²) < 4.78 is 93.7. The van der Waals surface area contributed by atoms with Gasteiger partial charge >= 0.3 is 0 Å². The largest absolute Gasteiger partial charge is 0.491 e. The molecule has 0 heterocycles. The first kappa shape index (κ1) is 33.1. The summed E-state index contributed by atoms with van der Waals surface area (Å²) in [4.78, 5) is 0. The Kier molecular flexibility index (Phi) is 10.6. The van der Waals surface area contributed by atoms with Gasteiger partial charge in [-0.2, -0.15) is 4.39 Å². The van der Waals surface area contributed by atoms with Crippen molar-refractivity contribution in [2.24, 2.45) is 17.8 Å². The molecule has 45 heavy (non-hydrogen) atoms. The number of benzene rings is 3. The van der Waals surface area contributed by atoms with E-state index in [0.717, 1.165) is 44.1 Å². The number of aryl methyl sites for hydroxylation is 1. The SMILES string of the molecule is CCOc1ccc(C2=CCC(C3CCC(CCc4ccc(-c5ccc(C(O)CC)c(F)c5F)c(F)c4F)CC3)CC2)c(F)c1F. The summed E-state index contributed by atoms with van der Waals surface area (Å²) in [7, 11) is 0. The Bertz CT molecular complexity index is 1540. The van der Waals surface area contributed by atoms with E-state index in [2.05, 4.69) is 0 Å². The van der Waals surface area contributed by atoms with Crippen molar-refractivity contribution >= 4 is 5.57 Å². The summed E-state index contributed by atoms with van der Waals surface area (Å²) in [6.45, 7) is 3.61. The molecule has 8 heteroatoms. The van der Waals surface area contributed by atoms with E-state index in [1.54, 1.807) is 19.9 Å². The maximum absolute atomic E-state index is 15.1. The number of hydrogen-bond acceptors (Lipinski definition) is 2. The van der Waals surface area contributed by atoms with Crippen LogP contribution in [-0.2, 0) is 6.42 Å². The molecule has 2 aliphatic carbocycles. The molecule has 2 unspecified atom stereocenters. The van der Waals surface area contributed by atoms with Crippen LogP contribution in [0.3, 0.4) is 0 Å². The Balaban J connectivity index is 1.15. The van der Waals surface area contributed by atoms with E-state index in [9.17, 15) is 22.7 Å². The summed E-state index contributed by atoms with van der Waals surface area (Å²) in [6, 6.07) is 8.18. The third-order valence-electron chi connectivity index (χ3n) is 9.83. The van der Waals surface area contributed by atoms with Gasteiger partial charge in [0.05, 0.1) is 12.7 Å². The molecule has 242 valence electrons. The van der Waals surface area contributed by atoms with Gasteiger partial charge in [0.15, 0.2) is 34.8 Å². The molecule has 0 saturated heterocycles. The first-order valence-electron chi connectivity index (χ1n) is 16.1. The predicted octanol–water partition coefficient (Wildman–Crippen LogP) is 10.7. The van der Waals surface area contributed by atoms with E-state index in [0.29, 0.717) is 42.6 Å². The summed E-state index contributed by atoms with van der Waals surface area (Å²) in [5.41, 5.74) is 0.386. The average Bonchev–Trinajstić information content (AvgIpc) is 3.06. The minimum absolute atomic E-state index is 0.0722. The number of hydrogen-bond donors (Lipinski definition) is 1. The molecule has 3 aromatic carbocycles. The number of allylic oxidation sites excluding steroid dienone is 2. The lowest BCUT2D eigenvalue weighted by molar-refractivity contribution is 0.167. The molecule has 5 rings (SSSR count). The quantitative estimate of drug-likeness (QED) is 0.226. The molecule has 2 atom stereocenters. The number of aliphatic hydroxyl groups excluding tert-OH is 1. The highest BCUT2D eigenvalue weighted by Gasteiger charge is 2.30. The lowest BCUT2D eigenvalue weighted by Crippen LogP contribution is -2.23. The highest BCUT2D eigenvalue weighted by molar-refractivity contribution is 5.68. The molecule has 0 amide bonds. The Morgan fingerprint density at radius 1 is 0.711 bits per heavy atom. The summed E-state index contributed by atoms with van der Waals surface area (Å²) in [6.07, 6.45) is 8.56. The van der Waals surface area contributed by atoms with Gasteiger partial charge in [0.25, 0.3) is 0 Å². The number of ether oxygens (including phenoxy) is 1. The van der Waals surface area contributed by atoms with Crippen LogP contribution in [0.15, 0.2) is 42.5 Å². The zero-order valence-corrected chi connectivity index (χ0v) is 25.8. The van der Waals surface area contributed by atoms with Crippen LogP contribution in [-0.4, -0.2) is 11.7 Å². The highest BCUT2D eigenvalue weighted by atomic mass is 19.2. The second kappa shape index (κ2) is 14.4. The van der Waals surface area contributed by atoms with Crippen molar-refractivity contribution in [1.82, 2.24) is 0 Å². The van der Waals surface area contributed by atoms with Gasteiger partial charge in [-0.3, -0.25) is 0 Å². The van der Waals surface area contributed by atoms with Crippen molar-refractivity contribution < 1.29 is 36.2 Å². The summed E-state index contributed by atoms with van der Waals surface area (Å²) in [5.74, 6) is -5.32. The van der Waals surface area contributed by atoms with E-state index < -0.39 is 41.0 Å². The van der Waals surface area contributed by atoms with Crippen LogP contribution in [0.5, 0.6) is 5.75 Å². The minimum atomic E-state index is -1.32. The van der Waals surface area contributed by atoms with Crippen LogP contribution in [0.2, 0.25) is 0 Å². The first-order chi connectivity index (χ1) is 21.6. The Morgan fingerprint density at radius 2 is 1.36 bits per heavy atom. The van der Waals surface area contributed by atoms with Gasteiger partial charge in [-0.15, -0.1) is 0 Å². The van der Waals surface area contributed by atoms with Gasteiger partial charge in [0.2, 0.25) is 5.82 Å². The van der Waals surface area contributed by atoms with Gasteiger partial charge in [-0.25, -0.2) is 22.0 Å². The fraction of sp³-hybridized carbons (Fsp3) is 0.459. The Morgan fingerprint density at radius 3 is 2.00 bits per heavy atom. The topological polar surface area (TPSA) is 29.5 Å². The fourth-order valence-electron chi connectivity index (χ4n) is 7.12. The number of halogens is 6. The van der Waals surface area contributed by atoms with Crippen molar-refractivity contribution in [2.45, 2.75) is 84.2 Å². The van der Waals surface area contributed by atoms with Crippen molar-refractivity contribution in [3.8, 4) is 16.9 Å². The van der Waals surface area contributed by atoms with Crippen molar-refractivity contribution in [3.05, 3.63) is 94.1 Å². The predicted molar refractivity (Wildman–Crippen MR) is 164 cm³/mol. The zero-order chi connectivity index (χ0) is 32.2. The van der Waals surface area contributed by atoms with Gasteiger partial charge in [0.1, 0.15) is 0 Å². The molecular weight excluding hydrogens is 590 g/mol. The minimum Gasteiger partial charge on any atom is -0.491 e. The third kappa shape index (κ3) is 6.96. The fourth-order valence-corrected chi connectivity index (χ4v) is 7.12. The Hall–Kier alpha value is -3.26. The third-order valence-corrected chi connectivity index (χ3v) is 9.83. The average molecular weight is 631 g/mol. The monoisotopic (exact) mass is 630 g/mol. The number of aliphatic hydroxyl groups is 1. The molecule has 1 fully saturated rings. The van der Waals surface area contributed by atoms with Crippen LogP contribution >= 0.6 is 0 Å². The van der Waals surface area contributed by atoms with E-state index in [1.165, 1.54) is 30.3 Å². The lowest BCUT2D eigenvalue weighted by atomic mass is 9.70. The second-order valence-corrected chi connectivity index (χ2v) is 12.4. The van der Waals surface area contributed by atoms with Crippen LogP contribution < -0.4 is 4.74 Å². The molecule has 1 saturated carbocycles. The Labute approximate surface area is 261 Å². The molecule has 0 radical (unpaired) electrons. The molecule has 0 aliphatic heterocycles. The van der Waals surface area contributed by atoms with E-state index in [-0.39, 0.29) is 41.0 Å². The van der Waals surface area contributed by atoms with Crippen molar-refractivity contribution in [2.75, 3.05) is 6.61 Å².